The number of nitrogens with zero attached hydrogens (tertiary/aromatic N) is 1. The van der Waals surface area contributed by atoms with Crippen LogP contribution in [0, 0.1) is 0 Å². The Morgan fingerprint density at radius 1 is 1.16 bits per heavy atom. The summed E-state index contributed by atoms with van der Waals surface area (Å²) in [5, 5.41) is 11.6. The number of hydrogen-bond acceptors (Lipinski definition) is 5. The van der Waals surface area contributed by atoms with E-state index in [-0.39, 0.29) is 12.5 Å². The summed E-state index contributed by atoms with van der Waals surface area (Å²) in [5.74, 6) is -0.998. The molecule has 0 radical (unpaired) electrons. The zero-order valence-electron chi connectivity index (χ0n) is 15.0. The summed E-state index contributed by atoms with van der Waals surface area (Å²) in [6, 6.07) is 4.82. The summed E-state index contributed by atoms with van der Waals surface area (Å²) in [6.07, 6.45) is -0.822. The number of benzene rings is 1. The molecule has 2 amide bonds. The van der Waals surface area contributed by atoms with E-state index in [2.05, 4.69) is 5.32 Å². The number of aliphatic carboxylic acids is 1. The zero-order chi connectivity index (χ0) is 19.2. The Morgan fingerprint density at radius 2 is 1.72 bits per heavy atom. The van der Waals surface area contributed by atoms with Crippen LogP contribution in [0.15, 0.2) is 24.3 Å². The second-order valence-electron chi connectivity index (χ2n) is 6.56. The monoisotopic (exact) mass is 352 g/mol. The van der Waals surface area contributed by atoms with Crippen molar-refractivity contribution in [2.75, 3.05) is 20.7 Å². The van der Waals surface area contributed by atoms with E-state index in [1.807, 2.05) is 0 Å². The van der Waals surface area contributed by atoms with Crippen molar-refractivity contribution in [2.24, 2.45) is 0 Å². The molecule has 2 N–H and O–H groups in total. The number of likely N-dealkylation sites (N-methyl/N-ethyl adjacent to an activating group) is 1. The number of amides is 2. The molecule has 25 heavy (non-hydrogen) atoms. The predicted molar refractivity (Wildman–Crippen MR) is 90.4 cm³/mol. The van der Waals surface area contributed by atoms with Crippen molar-refractivity contribution >= 4 is 18.0 Å². The molecule has 0 saturated carbocycles. The highest BCUT2D eigenvalue weighted by molar-refractivity contribution is 5.81. The van der Waals surface area contributed by atoms with Crippen molar-refractivity contribution < 1.29 is 29.0 Å². The highest BCUT2D eigenvalue weighted by Gasteiger charge is 2.25. The van der Waals surface area contributed by atoms with Gasteiger partial charge in [0.2, 0.25) is 0 Å². The first kappa shape index (κ1) is 20.3. The molecule has 0 aliphatic rings. The second-order valence-corrected chi connectivity index (χ2v) is 6.56. The lowest BCUT2D eigenvalue weighted by Crippen LogP contribution is -2.38. The van der Waals surface area contributed by atoms with E-state index in [1.165, 1.54) is 29.2 Å². The van der Waals surface area contributed by atoms with Crippen LogP contribution in [0.2, 0.25) is 0 Å². The summed E-state index contributed by atoms with van der Waals surface area (Å²) >= 11 is 0. The zero-order valence-corrected chi connectivity index (χ0v) is 15.0. The van der Waals surface area contributed by atoms with Gasteiger partial charge in [0.05, 0.1) is 0 Å². The van der Waals surface area contributed by atoms with Gasteiger partial charge < -0.3 is 24.8 Å². The van der Waals surface area contributed by atoms with Gasteiger partial charge in [0.15, 0.2) is 12.6 Å². The Bertz CT molecular complexity index is 619. The van der Waals surface area contributed by atoms with Crippen LogP contribution < -0.4 is 10.1 Å². The molecule has 1 aromatic carbocycles. The lowest BCUT2D eigenvalue weighted by molar-refractivity contribution is -0.139. The summed E-state index contributed by atoms with van der Waals surface area (Å²) in [6.45, 7) is 4.93. The summed E-state index contributed by atoms with van der Waals surface area (Å²) in [7, 11) is 3.24. The summed E-state index contributed by atoms with van der Waals surface area (Å²) in [4.78, 5) is 36.1. The van der Waals surface area contributed by atoms with Gasteiger partial charge in [0, 0.05) is 14.1 Å². The van der Waals surface area contributed by atoms with Crippen molar-refractivity contribution in [1.82, 2.24) is 10.2 Å². The maximum Gasteiger partial charge on any atom is 0.408 e. The Balaban J connectivity index is 2.77. The van der Waals surface area contributed by atoms with Crippen molar-refractivity contribution in [2.45, 2.75) is 32.4 Å². The van der Waals surface area contributed by atoms with Gasteiger partial charge in [-0.2, -0.15) is 0 Å². The summed E-state index contributed by atoms with van der Waals surface area (Å²) < 4.78 is 10.4. The molecule has 0 unspecified atom stereocenters. The van der Waals surface area contributed by atoms with Crippen molar-refractivity contribution in [3.8, 4) is 5.75 Å². The molecule has 8 nitrogen and oxygen atoms in total. The number of hydrogen-bond donors (Lipinski definition) is 2. The second kappa shape index (κ2) is 8.36. The van der Waals surface area contributed by atoms with E-state index in [9.17, 15) is 19.5 Å². The minimum atomic E-state index is -1.26. The molecule has 1 rings (SSSR count). The molecule has 0 bridgehead atoms. The molecule has 0 saturated heterocycles. The summed E-state index contributed by atoms with van der Waals surface area (Å²) in [5.41, 5.74) is -0.381. The largest absolute Gasteiger partial charge is 0.484 e. The number of carbonyl (C=O) groups excluding carboxylic acids is 2. The maximum atomic E-state index is 11.8. The third-order valence-corrected chi connectivity index (χ3v) is 2.98. The van der Waals surface area contributed by atoms with Crippen LogP contribution in [0.1, 0.15) is 32.4 Å². The fourth-order valence-electron chi connectivity index (χ4n) is 1.74. The molecule has 0 aromatic heterocycles. The number of carboxylic acids is 1. The van der Waals surface area contributed by atoms with Crippen molar-refractivity contribution in [1.29, 1.82) is 0 Å². The van der Waals surface area contributed by atoms with E-state index in [1.54, 1.807) is 34.9 Å². The number of nitrogens with one attached hydrogen (secondary N) is 1. The normalized spacial score (nSPS) is 12.0. The lowest BCUT2D eigenvalue weighted by atomic mass is 10.1. The molecule has 0 heterocycles. The molecule has 138 valence electrons. The van der Waals surface area contributed by atoms with Crippen LogP contribution >= 0.6 is 0 Å². The molecule has 1 aromatic rings. The molecule has 1 atom stereocenters. The molecule has 0 fully saturated rings. The van der Waals surface area contributed by atoms with Crippen molar-refractivity contribution in [3.63, 3.8) is 0 Å². The average molecular weight is 352 g/mol. The predicted octanol–water partition coefficient (Wildman–Crippen LogP) is 1.80. The third kappa shape index (κ3) is 7.11. The van der Waals surface area contributed by atoms with Gasteiger partial charge in [-0.25, -0.2) is 9.59 Å². The van der Waals surface area contributed by atoms with Gasteiger partial charge in [-0.3, -0.25) is 4.79 Å². The maximum absolute atomic E-state index is 11.8. The van der Waals surface area contributed by atoms with Crippen LogP contribution in [0.3, 0.4) is 0 Å². The quantitative estimate of drug-likeness (QED) is 0.809. The fourth-order valence-corrected chi connectivity index (χ4v) is 1.74. The first-order valence-electron chi connectivity index (χ1n) is 7.65. The molecule has 8 heteroatoms. The van der Waals surface area contributed by atoms with E-state index in [4.69, 9.17) is 9.47 Å². The third-order valence-electron chi connectivity index (χ3n) is 2.98. The van der Waals surface area contributed by atoms with E-state index >= 15 is 0 Å². The van der Waals surface area contributed by atoms with Gasteiger partial charge in [-0.1, -0.05) is 12.1 Å². The standard InChI is InChI=1S/C17H24N2O6/c1-17(2,3)25-16(23)18-14(15(21)22)11-6-8-12(9-7-11)24-10-13(20)19(4)5/h6-9,14H,10H2,1-5H3,(H,18,23)(H,21,22)/t14-/m0/s1. The highest BCUT2D eigenvalue weighted by atomic mass is 16.6. The molecule has 0 aliphatic carbocycles. The average Bonchev–Trinajstić information content (AvgIpc) is 2.48. The minimum absolute atomic E-state index is 0.120. The number of alkyl carbamates (subject to hydrolysis) is 1. The van der Waals surface area contributed by atoms with E-state index < -0.39 is 23.7 Å². The molecular formula is C17H24N2O6. The van der Waals surface area contributed by atoms with Crippen LogP contribution in [0.25, 0.3) is 0 Å². The fraction of sp³-hybridized carbons (Fsp3) is 0.471. The van der Waals surface area contributed by atoms with Crippen LogP contribution in [0.5, 0.6) is 5.75 Å². The van der Waals surface area contributed by atoms with Crippen LogP contribution in [0.4, 0.5) is 4.79 Å². The van der Waals surface area contributed by atoms with Gasteiger partial charge in [0.1, 0.15) is 11.4 Å². The number of rotatable bonds is 6. The van der Waals surface area contributed by atoms with E-state index in [0.717, 1.165) is 0 Å². The van der Waals surface area contributed by atoms with Crippen molar-refractivity contribution in [3.05, 3.63) is 29.8 Å². The number of ether oxygens (including phenoxy) is 2. The SMILES string of the molecule is CN(C)C(=O)COc1ccc([C@H](NC(=O)OC(C)(C)C)C(=O)O)cc1. The first-order valence-corrected chi connectivity index (χ1v) is 7.65. The highest BCUT2D eigenvalue weighted by Crippen LogP contribution is 2.19. The van der Waals surface area contributed by atoms with Gasteiger partial charge in [-0.05, 0) is 38.5 Å². The number of carbonyl (C=O) groups is 3. The Kier molecular flexibility index (Phi) is 6.78. The van der Waals surface area contributed by atoms with Crippen LogP contribution in [-0.2, 0) is 14.3 Å². The van der Waals surface area contributed by atoms with Crippen LogP contribution in [-0.4, -0.2) is 54.3 Å². The van der Waals surface area contributed by atoms with Gasteiger partial charge >= 0.3 is 12.1 Å². The minimum Gasteiger partial charge on any atom is -0.484 e. The Labute approximate surface area is 146 Å². The van der Waals surface area contributed by atoms with E-state index in [0.29, 0.717) is 11.3 Å². The Hall–Kier alpha value is -2.77. The first-order chi connectivity index (χ1) is 11.5. The number of carboxylic acid groups (broad SMARTS) is 1. The Morgan fingerprint density at radius 3 is 2.16 bits per heavy atom. The smallest absolute Gasteiger partial charge is 0.408 e. The molecule has 0 spiro atoms. The topological polar surface area (TPSA) is 105 Å². The molecular weight excluding hydrogens is 328 g/mol. The molecule has 0 aliphatic heterocycles. The van der Waals surface area contributed by atoms with Gasteiger partial charge in [0.25, 0.3) is 5.91 Å². The van der Waals surface area contributed by atoms with Gasteiger partial charge in [-0.15, -0.1) is 0 Å². The lowest BCUT2D eigenvalue weighted by Gasteiger charge is -2.22.